The van der Waals surface area contributed by atoms with Gasteiger partial charge in [-0.1, -0.05) is 6.07 Å². The van der Waals surface area contributed by atoms with E-state index >= 15 is 0 Å². The minimum absolute atomic E-state index is 0.137. The van der Waals surface area contributed by atoms with Gasteiger partial charge in [0.25, 0.3) is 10.0 Å². The van der Waals surface area contributed by atoms with Crippen LogP contribution in [0.3, 0.4) is 0 Å². The Balaban J connectivity index is 2.35. The lowest BCUT2D eigenvalue weighted by Crippen LogP contribution is -2.13. The fourth-order valence-corrected chi connectivity index (χ4v) is 3.02. The third-order valence-corrected chi connectivity index (χ3v) is 4.07. The van der Waals surface area contributed by atoms with E-state index in [0.29, 0.717) is 17.1 Å². The summed E-state index contributed by atoms with van der Waals surface area (Å²) in [7, 11) is -2.15. The van der Waals surface area contributed by atoms with Crippen LogP contribution < -0.4 is 15.2 Å². The summed E-state index contributed by atoms with van der Waals surface area (Å²) in [5, 5.41) is 0. The Morgan fingerprint density at radius 3 is 2.55 bits per heavy atom. The predicted molar refractivity (Wildman–Crippen MR) is 79.4 cm³/mol. The van der Waals surface area contributed by atoms with Gasteiger partial charge < -0.3 is 10.5 Å². The van der Waals surface area contributed by atoms with Gasteiger partial charge in [-0.15, -0.1) is 0 Å². The number of nitrogens with one attached hydrogen (secondary N) is 1. The van der Waals surface area contributed by atoms with E-state index < -0.39 is 10.0 Å². The van der Waals surface area contributed by atoms with Crippen LogP contribution in [0.1, 0.15) is 5.56 Å². The summed E-state index contributed by atoms with van der Waals surface area (Å²) >= 11 is 0. The molecule has 0 heterocycles. The van der Waals surface area contributed by atoms with Crippen molar-refractivity contribution in [2.75, 3.05) is 17.6 Å². The molecular weight excluding hydrogens is 276 g/mol. The standard InChI is InChI=1S/C14H16N2O3S/c1-10-6-11(15)8-14(7-10)20(17,18)16-12-4-3-5-13(9-12)19-2/h3-9,16H,15H2,1-2H3. The van der Waals surface area contributed by atoms with E-state index in [1.165, 1.54) is 13.2 Å². The maximum absolute atomic E-state index is 12.3. The molecular formula is C14H16N2O3S. The molecule has 2 rings (SSSR count). The van der Waals surface area contributed by atoms with Gasteiger partial charge in [-0.05, 0) is 42.8 Å². The molecule has 3 N–H and O–H groups in total. The van der Waals surface area contributed by atoms with Gasteiger partial charge in [-0.2, -0.15) is 0 Å². The number of benzene rings is 2. The molecule has 0 bridgehead atoms. The van der Waals surface area contributed by atoms with E-state index in [4.69, 9.17) is 10.5 Å². The van der Waals surface area contributed by atoms with Gasteiger partial charge in [-0.3, -0.25) is 4.72 Å². The van der Waals surface area contributed by atoms with Crippen LogP contribution >= 0.6 is 0 Å². The van der Waals surface area contributed by atoms with Crippen LogP contribution in [0.2, 0.25) is 0 Å². The average Bonchev–Trinajstić information content (AvgIpc) is 2.37. The largest absolute Gasteiger partial charge is 0.497 e. The smallest absolute Gasteiger partial charge is 0.261 e. The first kappa shape index (κ1) is 14.2. The van der Waals surface area contributed by atoms with E-state index in [-0.39, 0.29) is 4.90 Å². The number of sulfonamides is 1. The van der Waals surface area contributed by atoms with Gasteiger partial charge in [0, 0.05) is 11.8 Å². The molecule has 5 nitrogen and oxygen atoms in total. The van der Waals surface area contributed by atoms with Gasteiger partial charge in [0.1, 0.15) is 5.75 Å². The summed E-state index contributed by atoms with van der Waals surface area (Å²) in [6.45, 7) is 1.79. The highest BCUT2D eigenvalue weighted by molar-refractivity contribution is 7.92. The first-order valence-electron chi connectivity index (χ1n) is 5.95. The van der Waals surface area contributed by atoms with Crippen LogP contribution in [0, 0.1) is 6.92 Å². The lowest BCUT2D eigenvalue weighted by molar-refractivity contribution is 0.415. The monoisotopic (exact) mass is 292 g/mol. The van der Waals surface area contributed by atoms with E-state index in [2.05, 4.69) is 4.72 Å². The summed E-state index contributed by atoms with van der Waals surface area (Å²) < 4.78 is 32.2. The average molecular weight is 292 g/mol. The molecule has 0 amide bonds. The highest BCUT2D eigenvalue weighted by Gasteiger charge is 2.15. The van der Waals surface area contributed by atoms with Crippen LogP contribution in [-0.4, -0.2) is 15.5 Å². The summed E-state index contributed by atoms with van der Waals surface area (Å²) in [5.41, 5.74) is 7.32. The second-order valence-corrected chi connectivity index (χ2v) is 6.10. The summed E-state index contributed by atoms with van der Waals surface area (Å²) in [6.07, 6.45) is 0. The zero-order valence-electron chi connectivity index (χ0n) is 11.3. The number of anilines is 2. The second kappa shape index (κ2) is 5.42. The van der Waals surface area contributed by atoms with Crippen LogP contribution in [-0.2, 0) is 10.0 Å². The molecule has 2 aromatic rings. The zero-order chi connectivity index (χ0) is 14.8. The third kappa shape index (κ3) is 3.21. The Morgan fingerprint density at radius 1 is 1.15 bits per heavy atom. The topological polar surface area (TPSA) is 81.4 Å². The Hall–Kier alpha value is -2.21. The molecule has 0 aliphatic heterocycles. The Bertz CT molecular complexity index is 707. The number of nitrogen functional groups attached to an aromatic ring is 1. The third-order valence-electron chi connectivity index (χ3n) is 2.71. The molecule has 0 saturated carbocycles. The molecule has 0 aromatic heterocycles. The molecule has 0 radical (unpaired) electrons. The van der Waals surface area contributed by atoms with E-state index in [0.717, 1.165) is 5.56 Å². The van der Waals surface area contributed by atoms with Crippen molar-refractivity contribution in [3.8, 4) is 5.75 Å². The number of hydrogen-bond donors (Lipinski definition) is 2. The van der Waals surface area contributed by atoms with Gasteiger partial charge in [0.2, 0.25) is 0 Å². The van der Waals surface area contributed by atoms with Crippen molar-refractivity contribution >= 4 is 21.4 Å². The Kier molecular flexibility index (Phi) is 3.85. The molecule has 0 atom stereocenters. The van der Waals surface area contributed by atoms with Crippen molar-refractivity contribution in [3.63, 3.8) is 0 Å². The van der Waals surface area contributed by atoms with Crippen LogP contribution in [0.15, 0.2) is 47.4 Å². The maximum atomic E-state index is 12.3. The normalized spacial score (nSPS) is 11.1. The second-order valence-electron chi connectivity index (χ2n) is 4.42. The molecule has 0 aliphatic carbocycles. The molecule has 0 saturated heterocycles. The predicted octanol–water partition coefficient (Wildman–Crippen LogP) is 2.39. The van der Waals surface area contributed by atoms with Gasteiger partial charge in [-0.25, -0.2) is 8.42 Å². The van der Waals surface area contributed by atoms with E-state index in [9.17, 15) is 8.42 Å². The van der Waals surface area contributed by atoms with Gasteiger partial charge >= 0.3 is 0 Å². The van der Waals surface area contributed by atoms with Crippen LogP contribution in [0.25, 0.3) is 0 Å². The molecule has 0 aliphatic rings. The zero-order valence-corrected chi connectivity index (χ0v) is 12.1. The van der Waals surface area contributed by atoms with Crippen molar-refractivity contribution < 1.29 is 13.2 Å². The number of methoxy groups -OCH3 is 1. The van der Waals surface area contributed by atoms with Crippen LogP contribution in [0.5, 0.6) is 5.75 Å². The molecule has 6 heteroatoms. The molecule has 2 aromatic carbocycles. The van der Waals surface area contributed by atoms with Crippen molar-refractivity contribution in [2.24, 2.45) is 0 Å². The lowest BCUT2D eigenvalue weighted by Gasteiger charge is -2.10. The maximum Gasteiger partial charge on any atom is 0.261 e. The minimum atomic E-state index is -3.67. The number of nitrogens with two attached hydrogens (primary N) is 1. The fourth-order valence-electron chi connectivity index (χ4n) is 1.83. The summed E-state index contributed by atoms with van der Waals surface area (Å²) in [6, 6.07) is 11.4. The quantitative estimate of drug-likeness (QED) is 0.848. The van der Waals surface area contributed by atoms with Gasteiger partial charge in [0.15, 0.2) is 0 Å². The fraction of sp³-hybridized carbons (Fsp3) is 0.143. The van der Waals surface area contributed by atoms with Crippen molar-refractivity contribution in [1.29, 1.82) is 0 Å². The number of hydrogen-bond acceptors (Lipinski definition) is 4. The van der Waals surface area contributed by atoms with Crippen molar-refractivity contribution in [1.82, 2.24) is 0 Å². The minimum Gasteiger partial charge on any atom is -0.497 e. The van der Waals surface area contributed by atoms with E-state index in [1.54, 1.807) is 43.3 Å². The van der Waals surface area contributed by atoms with E-state index in [1.807, 2.05) is 0 Å². The molecule has 0 fully saturated rings. The van der Waals surface area contributed by atoms with Crippen molar-refractivity contribution in [2.45, 2.75) is 11.8 Å². The lowest BCUT2D eigenvalue weighted by atomic mass is 10.2. The molecule has 106 valence electrons. The number of rotatable bonds is 4. The molecule has 0 unspecified atom stereocenters. The number of ether oxygens (including phenoxy) is 1. The Labute approximate surface area is 118 Å². The number of aryl methyl sites for hydroxylation is 1. The Morgan fingerprint density at radius 2 is 1.90 bits per heavy atom. The SMILES string of the molecule is COc1cccc(NS(=O)(=O)c2cc(C)cc(N)c2)c1. The van der Waals surface area contributed by atoms with Crippen molar-refractivity contribution in [3.05, 3.63) is 48.0 Å². The first-order chi connectivity index (χ1) is 9.40. The summed E-state index contributed by atoms with van der Waals surface area (Å²) in [4.78, 5) is 0.137. The van der Waals surface area contributed by atoms with Crippen LogP contribution in [0.4, 0.5) is 11.4 Å². The first-order valence-corrected chi connectivity index (χ1v) is 7.43. The molecule has 20 heavy (non-hydrogen) atoms. The van der Waals surface area contributed by atoms with Gasteiger partial charge in [0.05, 0.1) is 17.7 Å². The highest BCUT2D eigenvalue weighted by Crippen LogP contribution is 2.22. The summed E-state index contributed by atoms with van der Waals surface area (Å²) in [5.74, 6) is 0.578. The molecule has 0 spiro atoms. The highest BCUT2D eigenvalue weighted by atomic mass is 32.2.